The Morgan fingerprint density at radius 2 is 1.86 bits per heavy atom. The highest BCUT2D eigenvalue weighted by molar-refractivity contribution is 6.30. The number of hydrogen-bond acceptors (Lipinski definition) is 9. The van der Waals surface area contributed by atoms with Crippen LogP contribution in [0.4, 0.5) is 11.5 Å². The van der Waals surface area contributed by atoms with Crippen molar-refractivity contribution in [1.82, 2.24) is 19.8 Å². The van der Waals surface area contributed by atoms with Gasteiger partial charge in [0.2, 0.25) is 11.8 Å². The summed E-state index contributed by atoms with van der Waals surface area (Å²) < 4.78 is 5.36. The maximum Gasteiger partial charge on any atom is 0.228 e. The molecule has 4 rings (SSSR count). The number of fused-ring (bicyclic) bond motifs is 1. The summed E-state index contributed by atoms with van der Waals surface area (Å²) >= 11 is 5.58. The summed E-state index contributed by atoms with van der Waals surface area (Å²) in [5.41, 5.74) is 2.27. The maximum absolute atomic E-state index is 11.7. The molecule has 12 heteroatoms. The first kappa shape index (κ1) is 38.0. The topological polar surface area (TPSA) is 138 Å². The number of halogens is 1. The van der Waals surface area contributed by atoms with Crippen LogP contribution in [0.15, 0.2) is 34.9 Å². The van der Waals surface area contributed by atoms with Crippen LogP contribution in [0, 0.1) is 5.92 Å². The van der Waals surface area contributed by atoms with Crippen molar-refractivity contribution in [3.63, 3.8) is 0 Å². The number of likely N-dealkylation sites (N-methyl/N-ethyl adjacent to an activating group) is 1. The fourth-order valence-electron chi connectivity index (χ4n) is 4.03. The summed E-state index contributed by atoms with van der Waals surface area (Å²) in [6.45, 7) is 8.08. The molecule has 1 aliphatic heterocycles. The third kappa shape index (κ3) is 13.1. The largest absolute Gasteiger partial charge is 0.449 e. The number of rotatable bonds is 10. The number of amides is 2. The van der Waals surface area contributed by atoms with Gasteiger partial charge in [-0.15, -0.1) is 0 Å². The van der Waals surface area contributed by atoms with E-state index in [1.54, 1.807) is 45.5 Å². The number of hydrogen-bond donors (Lipinski definition) is 2. The van der Waals surface area contributed by atoms with Gasteiger partial charge < -0.3 is 29.6 Å². The van der Waals surface area contributed by atoms with Crippen molar-refractivity contribution >= 4 is 58.6 Å². The zero-order chi connectivity index (χ0) is 33.1. The Kier molecular flexibility index (Phi) is 18.0. The average molecular weight is 631 g/mol. The van der Waals surface area contributed by atoms with Crippen LogP contribution in [0.1, 0.15) is 69.1 Å². The van der Waals surface area contributed by atoms with Crippen LogP contribution < -0.4 is 10.6 Å². The molecule has 0 saturated carbocycles. The summed E-state index contributed by atoms with van der Waals surface area (Å²) in [4.78, 5) is 55.1. The normalized spacial score (nSPS) is 12.5. The molecule has 0 aliphatic carbocycles. The molecule has 242 valence electrons. The first-order valence-corrected chi connectivity index (χ1v) is 15.2. The Morgan fingerprint density at radius 3 is 2.32 bits per heavy atom. The molecule has 1 aliphatic rings. The molecule has 0 unspecified atom stereocenters. The van der Waals surface area contributed by atoms with Gasteiger partial charge in [-0.05, 0) is 43.5 Å². The highest BCUT2D eigenvalue weighted by Gasteiger charge is 2.18. The smallest absolute Gasteiger partial charge is 0.228 e. The van der Waals surface area contributed by atoms with Gasteiger partial charge in [-0.3, -0.25) is 14.4 Å². The molecule has 44 heavy (non-hydrogen) atoms. The second kappa shape index (κ2) is 20.8. The van der Waals surface area contributed by atoms with Gasteiger partial charge in [0.15, 0.2) is 17.6 Å². The zero-order valence-corrected chi connectivity index (χ0v) is 27.7. The van der Waals surface area contributed by atoms with Crippen molar-refractivity contribution in [1.29, 1.82) is 0 Å². The molecule has 0 radical (unpaired) electrons. The van der Waals surface area contributed by atoms with E-state index in [0.717, 1.165) is 57.3 Å². The van der Waals surface area contributed by atoms with Gasteiger partial charge in [-0.25, -0.2) is 9.97 Å². The number of aromatic nitrogens is 2. The second-order valence-electron chi connectivity index (χ2n) is 10.3. The van der Waals surface area contributed by atoms with Gasteiger partial charge in [0.1, 0.15) is 23.3 Å². The minimum atomic E-state index is -0.0306. The molecule has 3 aromatic rings. The highest BCUT2D eigenvalue weighted by Crippen LogP contribution is 2.28. The number of carbonyl (C=O) groups is 4. The van der Waals surface area contributed by atoms with E-state index in [2.05, 4.69) is 34.4 Å². The first-order chi connectivity index (χ1) is 21.0. The van der Waals surface area contributed by atoms with E-state index in [9.17, 15) is 19.2 Å². The molecule has 0 aromatic carbocycles. The lowest BCUT2D eigenvalue weighted by Crippen LogP contribution is -2.24. The van der Waals surface area contributed by atoms with Crippen molar-refractivity contribution < 1.29 is 23.6 Å². The van der Waals surface area contributed by atoms with Crippen molar-refractivity contribution in [3.05, 3.63) is 46.9 Å². The Labute approximate surface area is 265 Å². The molecule has 11 nitrogen and oxygen atoms in total. The number of nitrogens with one attached hydrogen (secondary N) is 2. The lowest BCUT2D eigenvalue weighted by Gasteiger charge is -2.12. The van der Waals surface area contributed by atoms with Gasteiger partial charge >= 0.3 is 0 Å². The van der Waals surface area contributed by atoms with Crippen LogP contribution in [0.3, 0.4) is 0 Å². The Hall–Kier alpha value is -3.99. The predicted molar refractivity (Wildman–Crippen MR) is 176 cm³/mol. The fourth-order valence-corrected chi connectivity index (χ4v) is 4.14. The predicted octanol–water partition coefficient (Wildman–Crippen LogP) is 5.73. The van der Waals surface area contributed by atoms with Gasteiger partial charge in [0.05, 0.1) is 17.1 Å². The summed E-state index contributed by atoms with van der Waals surface area (Å²) in [7, 11) is 6.90. The number of pyridine rings is 2. The molecule has 1 atom stereocenters. The number of carbonyl (C=O) groups excluding carboxylic acids is 4. The van der Waals surface area contributed by atoms with Crippen LogP contribution in [0.5, 0.6) is 0 Å². The fraction of sp³-hybridized carbons (Fsp3) is 0.500. The van der Waals surface area contributed by atoms with Crippen LogP contribution in [0.25, 0.3) is 11.1 Å². The summed E-state index contributed by atoms with van der Waals surface area (Å²) in [6.07, 6.45) is 8.54. The number of nitrogens with zero attached hydrogens (tertiary/aromatic N) is 4. The summed E-state index contributed by atoms with van der Waals surface area (Å²) in [5, 5.41) is 6.44. The molecule has 1 fully saturated rings. The van der Waals surface area contributed by atoms with Crippen molar-refractivity contribution in [2.24, 2.45) is 5.92 Å². The summed E-state index contributed by atoms with van der Waals surface area (Å²) in [5.74, 6) is 1.62. The SMILES string of the molecule is CCCN1CCCC1=O.CCC[C@H](C)C=O.CNc1c(C=O)oc2ccc(CC(=O)N(C)C)nc12.CNc1ccc(Cl)cn1. The van der Waals surface area contributed by atoms with Gasteiger partial charge in [0, 0.05) is 59.8 Å². The third-order valence-corrected chi connectivity index (χ3v) is 6.66. The van der Waals surface area contributed by atoms with Crippen LogP contribution in [-0.2, 0) is 20.8 Å². The number of anilines is 2. The first-order valence-electron chi connectivity index (χ1n) is 14.8. The van der Waals surface area contributed by atoms with Crippen molar-refractivity contribution in [2.75, 3.05) is 51.9 Å². The molecular weight excluding hydrogens is 584 g/mol. The minimum Gasteiger partial charge on any atom is -0.449 e. The van der Waals surface area contributed by atoms with E-state index in [-0.39, 0.29) is 24.0 Å². The number of likely N-dealkylation sites (tertiary alicyclic amines) is 1. The van der Waals surface area contributed by atoms with Gasteiger partial charge in [-0.1, -0.05) is 38.8 Å². The van der Waals surface area contributed by atoms with Crippen LogP contribution in [0.2, 0.25) is 5.02 Å². The second-order valence-corrected chi connectivity index (χ2v) is 10.8. The summed E-state index contributed by atoms with van der Waals surface area (Å²) in [6, 6.07) is 7.05. The Morgan fingerprint density at radius 1 is 1.14 bits per heavy atom. The third-order valence-electron chi connectivity index (χ3n) is 6.43. The number of aldehydes is 2. The van der Waals surface area contributed by atoms with Crippen LogP contribution >= 0.6 is 11.6 Å². The Bertz CT molecular complexity index is 1310. The molecule has 3 aromatic heterocycles. The lowest BCUT2D eigenvalue weighted by molar-refractivity contribution is -0.128. The van der Waals surface area contributed by atoms with E-state index >= 15 is 0 Å². The van der Waals surface area contributed by atoms with Crippen molar-refractivity contribution in [2.45, 2.75) is 59.3 Å². The molecule has 4 heterocycles. The van der Waals surface area contributed by atoms with Gasteiger partial charge in [-0.2, -0.15) is 0 Å². The average Bonchev–Trinajstić information content (AvgIpc) is 3.60. The number of furan rings is 1. The van der Waals surface area contributed by atoms with E-state index in [0.29, 0.717) is 39.7 Å². The molecular formula is C32H47ClN6O5. The monoisotopic (exact) mass is 630 g/mol. The zero-order valence-electron chi connectivity index (χ0n) is 27.0. The van der Waals surface area contributed by atoms with Crippen molar-refractivity contribution in [3.8, 4) is 0 Å². The van der Waals surface area contributed by atoms with E-state index in [1.807, 2.05) is 24.9 Å². The molecule has 2 N–H and O–H groups in total. The van der Waals surface area contributed by atoms with E-state index in [4.69, 9.17) is 16.0 Å². The molecule has 2 amide bonds. The Balaban J connectivity index is 0.000000325. The lowest BCUT2D eigenvalue weighted by atomic mass is 10.1. The quantitative estimate of drug-likeness (QED) is 0.269. The molecule has 1 saturated heterocycles. The highest BCUT2D eigenvalue weighted by atomic mass is 35.5. The molecule has 0 spiro atoms. The van der Waals surface area contributed by atoms with E-state index in [1.165, 1.54) is 4.90 Å². The standard InChI is InChI=1S/C13H15N3O3.C7H13NO.C6H7ClN2.C6H12O/c1-14-12-10(7-17)19-9-5-4-8(15-13(9)12)6-11(18)16(2)3;1-2-5-8-6-3-4-7(8)9;1-8-6-3-2-5(7)4-9-6;1-3-4-6(2)5-7/h4-5,7,14H,6H2,1-3H3;2-6H2,1H3;2-4H,1H3,(H,8,9);5-6H,3-4H2,1-2H3/t;;;6-/m...0/s1. The maximum atomic E-state index is 11.7. The van der Waals surface area contributed by atoms with E-state index < -0.39 is 0 Å². The van der Waals surface area contributed by atoms with Crippen LogP contribution in [-0.4, -0.2) is 85.4 Å². The molecule has 0 bridgehead atoms. The minimum absolute atomic E-state index is 0.0306. The van der Waals surface area contributed by atoms with Gasteiger partial charge in [0.25, 0.3) is 0 Å².